The van der Waals surface area contributed by atoms with E-state index in [0.29, 0.717) is 20.4 Å². The van der Waals surface area contributed by atoms with Gasteiger partial charge in [-0.05, 0) is 37.6 Å². The van der Waals surface area contributed by atoms with E-state index in [1.807, 2.05) is 13.0 Å². The number of thiazole rings is 1. The van der Waals surface area contributed by atoms with Crippen LogP contribution in [0.3, 0.4) is 0 Å². The second-order valence-corrected chi connectivity index (χ2v) is 10.3. The Balaban J connectivity index is 1.72. The van der Waals surface area contributed by atoms with Crippen molar-refractivity contribution in [2.75, 3.05) is 5.75 Å². The summed E-state index contributed by atoms with van der Waals surface area (Å²) in [7, 11) is -1.65. The maximum atomic E-state index is 12.4. The lowest BCUT2D eigenvalue weighted by molar-refractivity contribution is -0.118. The van der Waals surface area contributed by atoms with E-state index < -0.39 is 9.84 Å². The molecule has 5 nitrogen and oxygen atoms in total. The largest absolute Gasteiger partial charge is 0.318 e. The molecule has 2 aromatic carbocycles. The Kier molecular flexibility index (Phi) is 6.29. The fraction of sp³-hybridized carbons (Fsp3) is 0.263. The van der Waals surface area contributed by atoms with Crippen LogP contribution in [-0.2, 0) is 21.7 Å². The van der Waals surface area contributed by atoms with Gasteiger partial charge in [-0.2, -0.15) is 4.99 Å². The van der Waals surface area contributed by atoms with Crippen molar-refractivity contribution in [3.63, 3.8) is 0 Å². The average molecular weight is 457 g/mol. The van der Waals surface area contributed by atoms with Gasteiger partial charge in [-0.3, -0.25) is 4.79 Å². The first kappa shape index (κ1) is 21.0. The molecular formula is C19H18Cl2N2O3S2. The molecule has 0 saturated heterocycles. The lowest BCUT2D eigenvalue weighted by Gasteiger charge is -2.04. The van der Waals surface area contributed by atoms with Crippen molar-refractivity contribution in [1.29, 1.82) is 0 Å². The summed E-state index contributed by atoms with van der Waals surface area (Å²) in [5, 5.41) is 0.845. The number of sulfone groups is 1. The van der Waals surface area contributed by atoms with Gasteiger partial charge in [0.25, 0.3) is 0 Å². The summed E-state index contributed by atoms with van der Waals surface area (Å²) in [5.74, 6) is -0.472. The molecule has 0 N–H and O–H groups in total. The van der Waals surface area contributed by atoms with E-state index in [1.165, 1.54) is 11.3 Å². The molecule has 28 heavy (non-hydrogen) atoms. The number of hydrogen-bond acceptors (Lipinski definition) is 4. The monoisotopic (exact) mass is 456 g/mol. The predicted octanol–water partition coefficient (Wildman–Crippen LogP) is 4.54. The zero-order valence-electron chi connectivity index (χ0n) is 15.3. The van der Waals surface area contributed by atoms with Crippen LogP contribution < -0.4 is 4.80 Å². The number of aryl methyl sites for hydroxylation is 2. The van der Waals surface area contributed by atoms with Crippen LogP contribution in [0.2, 0.25) is 10.0 Å². The van der Waals surface area contributed by atoms with Gasteiger partial charge >= 0.3 is 0 Å². The molecule has 0 aliphatic carbocycles. The molecule has 1 amide bonds. The quantitative estimate of drug-likeness (QED) is 0.565. The minimum Gasteiger partial charge on any atom is -0.318 e. The van der Waals surface area contributed by atoms with Crippen LogP contribution in [-0.4, -0.2) is 24.6 Å². The number of nitrogens with zero attached hydrogens (tertiary/aromatic N) is 2. The van der Waals surface area contributed by atoms with Crippen LogP contribution in [0.25, 0.3) is 10.2 Å². The van der Waals surface area contributed by atoms with Crippen LogP contribution >= 0.6 is 34.5 Å². The number of carbonyl (C=O) groups excluding carboxylic acids is 1. The summed E-state index contributed by atoms with van der Waals surface area (Å²) < 4.78 is 27.3. The van der Waals surface area contributed by atoms with Crippen molar-refractivity contribution in [2.24, 2.45) is 12.0 Å². The highest BCUT2D eigenvalue weighted by atomic mass is 35.5. The first-order valence-electron chi connectivity index (χ1n) is 8.49. The number of fused-ring (bicyclic) bond motifs is 1. The molecule has 1 aromatic heterocycles. The Morgan fingerprint density at radius 1 is 1.14 bits per heavy atom. The van der Waals surface area contributed by atoms with E-state index in [1.54, 1.807) is 41.9 Å². The van der Waals surface area contributed by atoms with Gasteiger partial charge in [0, 0.05) is 13.5 Å². The Bertz CT molecular complexity index is 1210. The predicted molar refractivity (Wildman–Crippen MR) is 114 cm³/mol. The van der Waals surface area contributed by atoms with E-state index in [4.69, 9.17) is 23.2 Å². The lowest BCUT2D eigenvalue weighted by atomic mass is 10.2. The summed E-state index contributed by atoms with van der Waals surface area (Å²) >= 11 is 13.6. The highest BCUT2D eigenvalue weighted by molar-refractivity contribution is 7.91. The Hall–Kier alpha value is -1.67. The third kappa shape index (κ3) is 4.49. The Morgan fingerprint density at radius 3 is 2.50 bits per heavy atom. The van der Waals surface area contributed by atoms with Crippen LogP contribution in [0.4, 0.5) is 0 Å². The van der Waals surface area contributed by atoms with Gasteiger partial charge in [0.15, 0.2) is 14.6 Å². The number of amides is 1. The molecular weight excluding hydrogens is 439 g/mol. The molecule has 0 aliphatic heterocycles. The molecule has 0 aliphatic rings. The van der Waals surface area contributed by atoms with Crippen molar-refractivity contribution >= 4 is 60.5 Å². The molecule has 1 heterocycles. The molecule has 0 unspecified atom stereocenters. The summed E-state index contributed by atoms with van der Waals surface area (Å²) in [4.78, 5) is 17.1. The molecule has 0 spiro atoms. The third-order valence-corrected chi connectivity index (χ3v) is 7.97. The van der Waals surface area contributed by atoms with Crippen LogP contribution in [0.1, 0.15) is 18.4 Å². The van der Waals surface area contributed by atoms with Crippen molar-refractivity contribution in [2.45, 2.75) is 24.7 Å². The summed E-state index contributed by atoms with van der Waals surface area (Å²) in [5.41, 5.74) is 1.71. The van der Waals surface area contributed by atoms with E-state index in [9.17, 15) is 13.2 Å². The minimum absolute atomic E-state index is 0.0494. The normalized spacial score (nSPS) is 12.6. The Labute approximate surface area is 177 Å². The summed E-state index contributed by atoms with van der Waals surface area (Å²) in [6.45, 7) is 1.89. The standard InChI is InChI=1S/C19H18Cl2N2O3S2/c1-12-5-7-13(8-6-12)28(25,26)11-3-4-16(24)22-19-23(2)18-15(27-19)10-9-14(20)17(18)21/h5-10H,3-4,11H2,1-2H3. The lowest BCUT2D eigenvalue weighted by Crippen LogP contribution is -2.14. The van der Waals surface area contributed by atoms with E-state index >= 15 is 0 Å². The number of rotatable bonds is 5. The Morgan fingerprint density at radius 2 is 1.82 bits per heavy atom. The van der Waals surface area contributed by atoms with E-state index in [2.05, 4.69) is 4.99 Å². The van der Waals surface area contributed by atoms with Crippen molar-refractivity contribution in [3.05, 3.63) is 56.8 Å². The topological polar surface area (TPSA) is 68.5 Å². The number of halogens is 2. The van der Waals surface area contributed by atoms with E-state index in [-0.39, 0.29) is 29.4 Å². The van der Waals surface area contributed by atoms with Crippen LogP contribution in [0, 0.1) is 6.92 Å². The molecule has 9 heteroatoms. The van der Waals surface area contributed by atoms with Crippen LogP contribution in [0.15, 0.2) is 46.3 Å². The molecule has 3 aromatic rings. The highest BCUT2D eigenvalue weighted by Gasteiger charge is 2.15. The molecule has 3 rings (SSSR count). The molecule has 0 atom stereocenters. The molecule has 0 radical (unpaired) electrons. The first-order valence-corrected chi connectivity index (χ1v) is 11.7. The molecule has 148 valence electrons. The second-order valence-electron chi connectivity index (χ2n) is 6.39. The van der Waals surface area contributed by atoms with Gasteiger partial charge in [-0.25, -0.2) is 8.42 Å². The number of carbonyl (C=O) groups is 1. The fourth-order valence-corrected chi connectivity index (χ4v) is 5.57. The minimum atomic E-state index is -3.41. The summed E-state index contributed by atoms with van der Waals surface area (Å²) in [6, 6.07) is 10.2. The van der Waals surface area contributed by atoms with Gasteiger partial charge in [0.05, 0.1) is 30.9 Å². The van der Waals surface area contributed by atoms with Gasteiger partial charge in [-0.1, -0.05) is 52.2 Å². The zero-order chi connectivity index (χ0) is 20.5. The van der Waals surface area contributed by atoms with Gasteiger partial charge in [-0.15, -0.1) is 0 Å². The SMILES string of the molecule is Cc1ccc(S(=O)(=O)CCCC(=O)N=c2sc3ccc(Cl)c(Cl)c3n2C)cc1. The zero-order valence-corrected chi connectivity index (χ0v) is 18.4. The van der Waals surface area contributed by atoms with Gasteiger partial charge < -0.3 is 4.57 Å². The number of benzene rings is 2. The number of hydrogen-bond donors (Lipinski definition) is 0. The fourth-order valence-electron chi connectivity index (χ4n) is 2.72. The smallest absolute Gasteiger partial charge is 0.248 e. The second kappa shape index (κ2) is 8.37. The van der Waals surface area contributed by atoms with Crippen LogP contribution in [0.5, 0.6) is 0 Å². The molecule has 0 bridgehead atoms. The van der Waals surface area contributed by atoms with Crippen molar-refractivity contribution < 1.29 is 13.2 Å². The average Bonchev–Trinajstić information content (AvgIpc) is 2.95. The summed E-state index contributed by atoms with van der Waals surface area (Å²) in [6.07, 6.45) is 0.258. The number of aromatic nitrogens is 1. The molecule has 0 saturated carbocycles. The first-order chi connectivity index (χ1) is 13.2. The van der Waals surface area contributed by atoms with Crippen molar-refractivity contribution in [1.82, 2.24) is 4.57 Å². The maximum Gasteiger partial charge on any atom is 0.248 e. The van der Waals surface area contributed by atoms with Crippen molar-refractivity contribution in [3.8, 4) is 0 Å². The third-order valence-electron chi connectivity index (χ3n) is 4.26. The molecule has 0 fully saturated rings. The van der Waals surface area contributed by atoms with Gasteiger partial charge in [0.2, 0.25) is 5.91 Å². The van der Waals surface area contributed by atoms with Gasteiger partial charge in [0.1, 0.15) is 0 Å². The maximum absolute atomic E-state index is 12.4. The highest BCUT2D eigenvalue weighted by Crippen LogP contribution is 2.31. The van der Waals surface area contributed by atoms with E-state index in [0.717, 1.165) is 10.3 Å².